The molecule has 0 unspecified atom stereocenters. The Kier molecular flexibility index (Phi) is 5.47. The Hall–Kier alpha value is -3.31. The lowest BCUT2D eigenvalue weighted by molar-refractivity contribution is 0.0600. The maximum absolute atomic E-state index is 14.3. The number of fused-ring (bicyclic) bond motifs is 3. The molecule has 7 nitrogen and oxygen atoms in total. The fourth-order valence-electron chi connectivity index (χ4n) is 3.29. The Labute approximate surface area is 185 Å². The molecule has 1 amide bonds. The molecule has 1 aliphatic rings. The van der Waals surface area contributed by atoms with Crippen molar-refractivity contribution in [2.24, 2.45) is 0 Å². The molecule has 0 fully saturated rings. The number of thiophene rings is 1. The average molecular weight is 479 g/mol. The molecule has 2 heterocycles. The van der Waals surface area contributed by atoms with E-state index in [2.05, 4.69) is 0 Å². The Morgan fingerprint density at radius 1 is 1.12 bits per heavy atom. The summed E-state index contributed by atoms with van der Waals surface area (Å²) in [6.45, 7) is 0.119. The van der Waals surface area contributed by atoms with E-state index in [0.717, 1.165) is 29.7 Å². The van der Waals surface area contributed by atoms with Crippen molar-refractivity contribution < 1.29 is 36.3 Å². The lowest BCUT2D eigenvalue weighted by Crippen LogP contribution is -2.36. The van der Waals surface area contributed by atoms with Crippen LogP contribution in [0.2, 0.25) is 0 Å². The third kappa shape index (κ3) is 3.84. The second kappa shape index (κ2) is 7.99. The van der Waals surface area contributed by atoms with Gasteiger partial charge in [-0.25, -0.2) is 22.0 Å². The maximum atomic E-state index is 14.3. The van der Waals surface area contributed by atoms with Crippen molar-refractivity contribution in [3.05, 3.63) is 70.1 Å². The molecule has 4 rings (SSSR count). The predicted octanol–water partition coefficient (Wildman–Crippen LogP) is 3.98. The highest BCUT2D eigenvalue weighted by Gasteiger charge is 2.32. The van der Waals surface area contributed by atoms with Gasteiger partial charge in [0.1, 0.15) is 18.2 Å². The molecule has 3 aromatic rings. The van der Waals surface area contributed by atoms with Crippen LogP contribution in [-0.2, 0) is 21.4 Å². The molecule has 32 heavy (non-hydrogen) atoms. The number of esters is 1. The van der Waals surface area contributed by atoms with E-state index < -0.39 is 39.2 Å². The molecule has 1 aromatic heterocycles. The van der Waals surface area contributed by atoms with Crippen LogP contribution in [0.5, 0.6) is 5.75 Å². The fraction of sp³-hybridized carbons (Fsp3) is 0.143. The summed E-state index contributed by atoms with van der Waals surface area (Å²) in [5, 5.41) is 0. The molecular weight excluding hydrogens is 464 g/mol. The normalized spacial score (nSPS) is 12.4. The molecule has 0 atom stereocenters. The first-order valence-electron chi connectivity index (χ1n) is 9.08. The highest BCUT2D eigenvalue weighted by atomic mass is 32.2. The second-order valence-corrected chi connectivity index (χ2v) is 9.77. The highest BCUT2D eigenvalue weighted by molar-refractivity contribution is 7.92. The van der Waals surface area contributed by atoms with E-state index in [-0.39, 0.29) is 17.0 Å². The Bertz CT molecular complexity index is 1370. The SMILES string of the molecule is COC(=O)c1ccc2c(c1)-c1sc(C(=O)N(c3ccc(F)cc3F)S(C)(=O)=O)cc1CO2. The molecule has 0 saturated carbocycles. The zero-order chi connectivity index (χ0) is 23.2. The van der Waals surface area contributed by atoms with Crippen molar-refractivity contribution in [2.45, 2.75) is 6.61 Å². The molecule has 0 spiro atoms. The van der Waals surface area contributed by atoms with E-state index in [4.69, 9.17) is 9.47 Å². The first kappa shape index (κ1) is 21.9. The smallest absolute Gasteiger partial charge is 0.337 e. The van der Waals surface area contributed by atoms with E-state index in [1.165, 1.54) is 19.2 Å². The van der Waals surface area contributed by atoms with Gasteiger partial charge in [0.25, 0.3) is 5.91 Å². The van der Waals surface area contributed by atoms with Crippen molar-refractivity contribution in [1.82, 2.24) is 0 Å². The number of carbonyl (C=O) groups excluding carboxylic acids is 2. The van der Waals surface area contributed by atoms with E-state index >= 15 is 0 Å². The van der Waals surface area contributed by atoms with E-state index in [1.807, 2.05) is 0 Å². The van der Waals surface area contributed by atoms with Crippen LogP contribution in [0.4, 0.5) is 14.5 Å². The minimum absolute atomic E-state index is 0.00377. The van der Waals surface area contributed by atoms with Gasteiger partial charge < -0.3 is 9.47 Å². The van der Waals surface area contributed by atoms with E-state index in [0.29, 0.717) is 32.1 Å². The first-order chi connectivity index (χ1) is 15.1. The summed E-state index contributed by atoms with van der Waals surface area (Å²) in [5.74, 6) is -3.17. The summed E-state index contributed by atoms with van der Waals surface area (Å²) in [7, 11) is -3.00. The second-order valence-electron chi connectivity index (χ2n) is 6.88. The van der Waals surface area contributed by atoms with Gasteiger partial charge in [-0.2, -0.15) is 4.31 Å². The first-order valence-corrected chi connectivity index (χ1v) is 11.7. The number of benzene rings is 2. The molecule has 0 aliphatic carbocycles. The summed E-state index contributed by atoms with van der Waals surface area (Å²) in [5.41, 5.74) is 0.822. The number of hydrogen-bond donors (Lipinski definition) is 0. The topological polar surface area (TPSA) is 90.0 Å². The molecule has 1 aliphatic heterocycles. The molecule has 0 saturated heterocycles. The minimum atomic E-state index is -4.25. The molecule has 11 heteroatoms. The van der Waals surface area contributed by atoms with Gasteiger partial charge in [0.05, 0.1) is 29.5 Å². The number of ether oxygens (including phenoxy) is 2. The van der Waals surface area contributed by atoms with Crippen molar-refractivity contribution in [3.63, 3.8) is 0 Å². The van der Waals surface area contributed by atoms with Crippen molar-refractivity contribution in [1.29, 1.82) is 0 Å². The van der Waals surface area contributed by atoms with Crippen LogP contribution in [0, 0.1) is 11.6 Å². The maximum Gasteiger partial charge on any atom is 0.337 e. The largest absolute Gasteiger partial charge is 0.488 e. The summed E-state index contributed by atoms with van der Waals surface area (Å²) in [6.07, 6.45) is 0.752. The van der Waals surface area contributed by atoms with Crippen molar-refractivity contribution in [3.8, 4) is 16.2 Å². The number of carbonyl (C=O) groups is 2. The number of halogens is 2. The van der Waals surface area contributed by atoms with Crippen molar-refractivity contribution >= 4 is 38.9 Å². The number of amides is 1. The summed E-state index contributed by atoms with van der Waals surface area (Å²) in [6, 6.07) is 8.40. The van der Waals surface area contributed by atoms with Crippen LogP contribution in [0.25, 0.3) is 10.4 Å². The van der Waals surface area contributed by atoms with Crippen LogP contribution in [0.15, 0.2) is 42.5 Å². The quantitative estimate of drug-likeness (QED) is 0.526. The molecule has 0 bridgehead atoms. The monoisotopic (exact) mass is 479 g/mol. The van der Waals surface area contributed by atoms with E-state index in [9.17, 15) is 26.8 Å². The van der Waals surface area contributed by atoms with Crippen LogP contribution < -0.4 is 9.04 Å². The summed E-state index contributed by atoms with van der Waals surface area (Å²) < 4.78 is 63.0. The predicted molar refractivity (Wildman–Crippen MR) is 113 cm³/mol. The summed E-state index contributed by atoms with van der Waals surface area (Å²) >= 11 is 0.978. The van der Waals surface area contributed by atoms with Gasteiger partial charge in [-0.05, 0) is 36.4 Å². The number of nitrogens with zero attached hydrogens (tertiary/aromatic N) is 1. The fourth-order valence-corrected chi connectivity index (χ4v) is 5.37. The zero-order valence-electron chi connectivity index (χ0n) is 16.7. The molecule has 2 aromatic carbocycles. The molecule has 0 radical (unpaired) electrons. The van der Waals surface area contributed by atoms with Crippen LogP contribution in [0.1, 0.15) is 25.6 Å². The average Bonchev–Trinajstić information content (AvgIpc) is 3.18. The van der Waals surface area contributed by atoms with Crippen LogP contribution >= 0.6 is 11.3 Å². The lowest BCUT2D eigenvalue weighted by Gasteiger charge is -2.20. The van der Waals surface area contributed by atoms with Crippen LogP contribution in [-0.4, -0.2) is 33.7 Å². The number of rotatable bonds is 4. The van der Waals surface area contributed by atoms with Crippen LogP contribution in [0.3, 0.4) is 0 Å². The van der Waals surface area contributed by atoms with E-state index in [1.54, 1.807) is 12.1 Å². The minimum Gasteiger partial charge on any atom is -0.488 e. The van der Waals surface area contributed by atoms with Crippen molar-refractivity contribution in [2.75, 3.05) is 17.7 Å². The molecule has 166 valence electrons. The Balaban J connectivity index is 1.80. The zero-order valence-corrected chi connectivity index (χ0v) is 18.4. The lowest BCUT2D eigenvalue weighted by atomic mass is 10.0. The van der Waals surface area contributed by atoms with Gasteiger partial charge in [0, 0.05) is 22.1 Å². The third-order valence-corrected chi connectivity index (χ3v) is 6.92. The summed E-state index contributed by atoms with van der Waals surface area (Å²) in [4.78, 5) is 25.7. The molecular formula is C21H15F2NO6S2. The van der Waals surface area contributed by atoms with Gasteiger partial charge in [0.15, 0.2) is 5.82 Å². The standard InChI is InChI=1S/C21H15F2NO6S2/c1-29-21(26)11-3-6-17-14(7-11)19-12(10-30-17)8-18(31-19)20(25)24(32(2,27)28)16-5-4-13(22)9-15(16)23/h3-9H,10H2,1-2H3. The third-order valence-electron chi connectivity index (χ3n) is 4.69. The number of anilines is 1. The Morgan fingerprint density at radius 2 is 1.88 bits per heavy atom. The van der Waals surface area contributed by atoms with Gasteiger partial charge >= 0.3 is 5.97 Å². The van der Waals surface area contributed by atoms with Gasteiger partial charge in [-0.1, -0.05) is 0 Å². The number of hydrogen-bond acceptors (Lipinski definition) is 7. The number of sulfonamides is 1. The van der Waals surface area contributed by atoms with Gasteiger partial charge in [-0.15, -0.1) is 11.3 Å². The van der Waals surface area contributed by atoms with Gasteiger partial charge in [0.2, 0.25) is 10.0 Å². The highest BCUT2D eigenvalue weighted by Crippen LogP contribution is 2.43. The van der Waals surface area contributed by atoms with Gasteiger partial charge in [-0.3, -0.25) is 4.79 Å². The number of methoxy groups -OCH3 is 1. The molecule has 0 N–H and O–H groups in total. The Morgan fingerprint density at radius 3 is 2.53 bits per heavy atom.